The van der Waals surface area contributed by atoms with Gasteiger partial charge in [0, 0.05) is 39.3 Å². The van der Waals surface area contributed by atoms with Crippen molar-refractivity contribution >= 4 is 11.9 Å². The number of urea groups is 1. The minimum atomic E-state index is -0.241. The van der Waals surface area contributed by atoms with Crippen molar-refractivity contribution in [3.63, 3.8) is 0 Å². The second-order valence-corrected chi connectivity index (χ2v) is 6.32. The van der Waals surface area contributed by atoms with Crippen LogP contribution in [-0.4, -0.2) is 60.6 Å². The normalized spacial score (nSPS) is 10.1. The van der Waals surface area contributed by atoms with Crippen LogP contribution in [0, 0.1) is 0 Å². The summed E-state index contributed by atoms with van der Waals surface area (Å²) in [5, 5.41) is 11.9. The fourth-order valence-electron chi connectivity index (χ4n) is 1.43. The standard InChI is InChI=1S/C11H15NO2.C5H12N2O/c1-11(2,3)12-10(14)8-4-6-9(13)7-5-8;1-6(2)5(8)7(3)4/h4-7,13H,1-3H3,(H,12,14);1-4H3. The van der Waals surface area contributed by atoms with Crippen LogP contribution in [-0.2, 0) is 0 Å². The first kappa shape index (κ1) is 19.8. The van der Waals surface area contributed by atoms with Gasteiger partial charge in [-0.05, 0) is 45.0 Å². The molecule has 124 valence electrons. The van der Waals surface area contributed by atoms with Gasteiger partial charge in [-0.1, -0.05) is 0 Å². The molecule has 0 aliphatic heterocycles. The number of hydrogen-bond donors (Lipinski definition) is 2. The molecule has 0 radical (unpaired) electrons. The molecule has 0 heterocycles. The highest BCUT2D eigenvalue weighted by Gasteiger charge is 2.14. The SMILES string of the molecule is CC(C)(C)NC(=O)c1ccc(O)cc1.CN(C)C(=O)N(C)C. The first-order valence-corrected chi connectivity index (χ1v) is 6.94. The van der Waals surface area contributed by atoms with E-state index in [4.69, 9.17) is 5.11 Å². The van der Waals surface area contributed by atoms with Gasteiger partial charge in [0.2, 0.25) is 0 Å². The molecule has 1 aromatic carbocycles. The molecule has 0 aliphatic carbocycles. The predicted octanol–water partition coefficient (Wildman–Crippen LogP) is 2.15. The van der Waals surface area contributed by atoms with Crippen molar-refractivity contribution in [1.29, 1.82) is 0 Å². The number of phenols is 1. The number of amides is 3. The zero-order valence-electron chi connectivity index (χ0n) is 14.5. The highest BCUT2D eigenvalue weighted by molar-refractivity contribution is 5.94. The lowest BCUT2D eigenvalue weighted by Crippen LogP contribution is -2.40. The Labute approximate surface area is 132 Å². The van der Waals surface area contributed by atoms with E-state index in [1.54, 1.807) is 40.3 Å². The van der Waals surface area contributed by atoms with E-state index in [1.807, 2.05) is 20.8 Å². The number of phenolic OH excluding ortho intramolecular Hbond substituents is 1. The van der Waals surface area contributed by atoms with Crippen LogP contribution >= 0.6 is 0 Å². The van der Waals surface area contributed by atoms with E-state index in [0.29, 0.717) is 5.56 Å². The van der Waals surface area contributed by atoms with E-state index in [-0.39, 0.29) is 23.2 Å². The lowest BCUT2D eigenvalue weighted by atomic mass is 10.1. The van der Waals surface area contributed by atoms with E-state index in [1.165, 1.54) is 21.9 Å². The molecule has 0 spiro atoms. The monoisotopic (exact) mass is 309 g/mol. The fraction of sp³-hybridized carbons (Fsp3) is 0.500. The van der Waals surface area contributed by atoms with Gasteiger partial charge in [0.1, 0.15) is 5.75 Å². The van der Waals surface area contributed by atoms with Gasteiger partial charge < -0.3 is 20.2 Å². The quantitative estimate of drug-likeness (QED) is 0.835. The maximum atomic E-state index is 11.6. The number of rotatable bonds is 1. The predicted molar refractivity (Wildman–Crippen MR) is 88.1 cm³/mol. The molecule has 6 heteroatoms. The van der Waals surface area contributed by atoms with Crippen LogP contribution in [0.15, 0.2) is 24.3 Å². The van der Waals surface area contributed by atoms with Gasteiger partial charge in [0.15, 0.2) is 0 Å². The van der Waals surface area contributed by atoms with Crippen molar-refractivity contribution in [3.05, 3.63) is 29.8 Å². The van der Waals surface area contributed by atoms with E-state index in [0.717, 1.165) is 0 Å². The summed E-state index contributed by atoms with van der Waals surface area (Å²) in [7, 11) is 6.90. The van der Waals surface area contributed by atoms with Crippen molar-refractivity contribution in [1.82, 2.24) is 15.1 Å². The number of carbonyl (C=O) groups excluding carboxylic acids is 2. The molecule has 1 aromatic rings. The molecule has 0 saturated carbocycles. The van der Waals surface area contributed by atoms with Gasteiger partial charge in [-0.2, -0.15) is 0 Å². The first-order valence-electron chi connectivity index (χ1n) is 6.94. The van der Waals surface area contributed by atoms with Crippen LogP contribution in [0.4, 0.5) is 4.79 Å². The molecule has 22 heavy (non-hydrogen) atoms. The second kappa shape index (κ2) is 8.26. The van der Waals surface area contributed by atoms with E-state index in [9.17, 15) is 9.59 Å². The molecule has 6 nitrogen and oxygen atoms in total. The van der Waals surface area contributed by atoms with Gasteiger partial charge in [0.05, 0.1) is 0 Å². The van der Waals surface area contributed by atoms with Crippen molar-refractivity contribution < 1.29 is 14.7 Å². The minimum Gasteiger partial charge on any atom is -0.508 e. The van der Waals surface area contributed by atoms with E-state index in [2.05, 4.69) is 5.32 Å². The van der Waals surface area contributed by atoms with Crippen LogP contribution in [0.3, 0.4) is 0 Å². The third-order valence-corrected chi connectivity index (χ3v) is 2.38. The summed E-state index contributed by atoms with van der Waals surface area (Å²) in [5.74, 6) is 0.0369. The number of nitrogens with one attached hydrogen (secondary N) is 1. The van der Waals surface area contributed by atoms with Gasteiger partial charge in [0.25, 0.3) is 5.91 Å². The highest BCUT2D eigenvalue weighted by atomic mass is 16.3. The molecule has 1 rings (SSSR count). The summed E-state index contributed by atoms with van der Waals surface area (Å²) in [4.78, 5) is 25.3. The second-order valence-electron chi connectivity index (χ2n) is 6.32. The molecule has 3 amide bonds. The Bertz CT molecular complexity index is 478. The summed E-state index contributed by atoms with van der Waals surface area (Å²) >= 11 is 0. The smallest absolute Gasteiger partial charge is 0.318 e. The Morgan fingerprint density at radius 3 is 1.64 bits per heavy atom. The maximum absolute atomic E-state index is 11.6. The van der Waals surface area contributed by atoms with E-state index < -0.39 is 0 Å². The van der Waals surface area contributed by atoms with Crippen LogP contribution < -0.4 is 5.32 Å². The Morgan fingerprint density at radius 1 is 0.955 bits per heavy atom. The maximum Gasteiger partial charge on any atom is 0.318 e. The topological polar surface area (TPSA) is 72.9 Å². The fourth-order valence-corrected chi connectivity index (χ4v) is 1.43. The van der Waals surface area contributed by atoms with Gasteiger partial charge in [-0.15, -0.1) is 0 Å². The third kappa shape index (κ3) is 8.14. The van der Waals surface area contributed by atoms with Crippen LogP contribution in [0.25, 0.3) is 0 Å². The van der Waals surface area contributed by atoms with Gasteiger partial charge >= 0.3 is 6.03 Å². The van der Waals surface area contributed by atoms with Crippen molar-refractivity contribution in [2.45, 2.75) is 26.3 Å². The largest absolute Gasteiger partial charge is 0.508 e. The Kier molecular flexibility index (Phi) is 7.42. The molecule has 0 unspecified atom stereocenters. The summed E-state index contributed by atoms with van der Waals surface area (Å²) < 4.78 is 0. The van der Waals surface area contributed by atoms with Crippen LogP contribution in [0.1, 0.15) is 31.1 Å². The average molecular weight is 309 g/mol. The van der Waals surface area contributed by atoms with Crippen molar-refractivity contribution in [3.8, 4) is 5.75 Å². The molecule has 0 aliphatic rings. The zero-order chi connectivity index (χ0) is 17.5. The Balaban J connectivity index is 0.000000472. The molecule has 0 fully saturated rings. The van der Waals surface area contributed by atoms with E-state index >= 15 is 0 Å². The molecule has 0 bridgehead atoms. The van der Waals surface area contributed by atoms with Gasteiger partial charge in [-0.3, -0.25) is 4.79 Å². The summed E-state index contributed by atoms with van der Waals surface area (Å²) in [6, 6.07) is 6.20. The average Bonchev–Trinajstić information content (AvgIpc) is 2.37. The third-order valence-electron chi connectivity index (χ3n) is 2.38. The zero-order valence-corrected chi connectivity index (χ0v) is 14.5. The molecule has 0 aromatic heterocycles. The summed E-state index contributed by atoms with van der Waals surface area (Å²) in [5.41, 5.74) is 0.312. The Hall–Kier alpha value is -2.24. The minimum absolute atomic E-state index is 0.0185. The number of benzene rings is 1. The lowest BCUT2D eigenvalue weighted by molar-refractivity contribution is 0.0919. The van der Waals surface area contributed by atoms with Crippen molar-refractivity contribution in [2.24, 2.45) is 0 Å². The highest BCUT2D eigenvalue weighted by Crippen LogP contribution is 2.10. The summed E-state index contributed by atoms with van der Waals surface area (Å²) in [6.07, 6.45) is 0. The van der Waals surface area contributed by atoms with Crippen molar-refractivity contribution in [2.75, 3.05) is 28.2 Å². The Morgan fingerprint density at radius 2 is 1.36 bits per heavy atom. The summed E-state index contributed by atoms with van der Waals surface area (Å²) in [6.45, 7) is 5.77. The number of carbonyl (C=O) groups is 2. The number of nitrogens with zero attached hydrogens (tertiary/aromatic N) is 2. The number of aromatic hydroxyl groups is 1. The van der Waals surface area contributed by atoms with Gasteiger partial charge in [-0.25, -0.2) is 4.79 Å². The van der Waals surface area contributed by atoms with Crippen LogP contribution in [0.2, 0.25) is 0 Å². The number of hydrogen-bond acceptors (Lipinski definition) is 3. The molecule has 2 N–H and O–H groups in total. The molecule has 0 atom stereocenters. The van der Waals surface area contributed by atoms with Crippen LogP contribution in [0.5, 0.6) is 5.75 Å². The lowest BCUT2D eigenvalue weighted by Gasteiger charge is -2.20. The first-order chi connectivity index (χ1) is 9.94. The molecular formula is C16H27N3O3. The molecule has 0 saturated heterocycles. The molecular weight excluding hydrogens is 282 g/mol.